The van der Waals surface area contributed by atoms with E-state index in [0.717, 1.165) is 17.4 Å². The van der Waals surface area contributed by atoms with E-state index in [1.54, 1.807) is 32.0 Å². The van der Waals surface area contributed by atoms with Crippen molar-refractivity contribution in [2.75, 3.05) is 4.72 Å². The van der Waals surface area contributed by atoms with E-state index in [1.807, 2.05) is 0 Å². The molecule has 2 rings (SSSR count). The number of thiophene rings is 1. The Labute approximate surface area is 131 Å². The van der Waals surface area contributed by atoms with E-state index in [9.17, 15) is 13.2 Å². The number of benzene rings is 1. The number of anilines is 1. The van der Waals surface area contributed by atoms with Gasteiger partial charge in [0.25, 0.3) is 10.0 Å². The fraction of sp³-hybridized carbons (Fsp3) is 0.154. The van der Waals surface area contributed by atoms with Gasteiger partial charge in [0, 0.05) is 4.88 Å². The van der Waals surface area contributed by atoms with E-state index < -0.39 is 16.0 Å². The number of nitrogens with one attached hydrogen (secondary N) is 1. The molecule has 112 valence electrons. The minimum Gasteiger partial charge on any atom is -0.477 e. The van der Waals surface area contributed by atoms with Crippen molar-refractivity contribution in [3.63, 3.8) is 0 Å². The summed E-state index contributed by atoms with van der Waals surface area (Å²) in [6.07, 6.45) is 0. The summed E-state index contributed by atoms with van der Waals surface area (Å²) in [6, 6.07) is 6.17. The van der Waals surface area contributed by atoms with E-state index in [2.05, 4.69) is 4.72 Å². The minimum atomic E-state index is -3.89. The molecule has 0 unspecified atom stereocenters. The zero-order valence-electron chi connectivity index (χ0n) is 11.2. The molecule has 0 amide bonds. The van der Waals surface area contributed by atoms with Crippen LogP contribution in [-0.2, 0) is 10.0 Å². The number of hydrogen-bond donors (Lipinski definition) is 2. The van der Waals surface area contributed by atoms with E-state index in [1.165, 1.54) is 0 Å². The number of hydrogen-bond acceptors (Lipinski definition) is 4. The molecule has 0 spiro atoms. The Balaban J connectivity index is 2.46. The highest BCUT2D eigenvalue weighted by atomic mass is 35.5. The maximum Gasteiger partial charge on any atom is 0.345 e. The maximum atomic E-state index is 12.4. The van der Waals surface area contributed by atoms with Gasteiger partial charge in [0.15, 0.2) is 0 Å². The summed E-state index contributed by atoms with van der Waals surface area (Å²) in [5, 5.41) is 9.22. The Kier molecular flexibility index (Phi) is 4.27. The predicted octanol–water partition coefficient (Wildman–Crippen LogP) is 3.52. The first-order valence-electron chi connectivity index (χ1n) is 5.84. The van der Waals surface area contributed by atoms with Crippen molar-refractivity contribution in [2.24, 2.45) is 0 Å². The van der Waals surface area contributed by atoms with Crippen LogP contribution < -0.4 is 4.72 Å². The largest absolute Gasteiger partial charge is 0.477 e. The number of rotatable bonds is 4. The van der Waals surface area contributed by atoms with E-state index in [-0.39, 0.29) is 14.8 Å². The Morgan fingerprint density at radius 3 is 2.52 bits per heavy atom. The van der Waals surface area contributed by atoms with Gasteiger partial charge in [-0.1, -0.05) is 23.7 Å². The van der Waals surface area contributed by atoms with Crippen molar-refractivity contribution < 1.29 is 18.3 Å². The fourth-order valence-electron chi connectivity index (χ4n) is 1.79. The number of carboxylic acid groups (broad SMARTS) is 1. The molecule has 0 aliphatic carbocycles. The first-order chi connectivity index (χ1) is 9.72. The highest BCUT2D eigenvalue weighted by Gasteiger charge is 2.23. The van der Waals surface area contributed by atoms with E-state index >= 15 is 0 Å². The lowest BCUT2D eigenvalue weighted by Crippen LogP contribution is -2.14. The lowest BCUT2D eigenvalue weighted by molar-refractivity contribution is 0.0702. The highest BCUT2D eigenvalue weighted by Crippen LogP contribution is 2.31. The average Bonchev–Trinajstić information content (AvgIpc) is 2.77. The van der Waals surface area contributed by atoms with Crippen molar-refractivity contribution in [3.8, 4) is 0 Å². The van der Waals surface area contributed by atoms with Gasteiger partial charge in [0.05, 0.1) is 10.7 Å². The Bertz CT molecular complexity index is 791. The van der Waals surface area contributed by atoms with Crippen LogP contribution in [0.1, 0.15) is 20.1 Å². The van der Waals surface area contributed by atoms with Crippen molar-refractivity contribution in [3.05, 3.63) is 44.6 Å². The summed E-state index contributed by atoms with van der Waals surface area (Å²) >= 11 is 6.92. The Hall–Kier alpha value is -1.57. The lowest BCUT2D eigenvalue weighted by atomic mass is 10.2. The normalized spacial score (nSPS) is 11.4. The SMILES string of the molecule is Cc1cccc(Cl)c1NS(=O)(=O)c1cc(C(=O)O)sc1C. The smallest absolute Gasteiger partial charge is 0.345 e. The average molecular weight is 346 g/mol. The van der Waals surface area contributed by atoms with Crippen LogP contribution in [0.15, 0.2) is 29.2 Å². The topological polar surface area (TPSA) is 83.5 Å². The summed E-state index contributed by atoms with van der Waals surface area (Å²) in [7, 11) is -3.89. The molecule has 0 fully saturated rings. The molecule has 0 bridgehead atoms. The van der Waals surface area contributed by atoms with Crippen LogP contribution in [0.4, 0.5) is 5.69 Å². The van der Waals surface area contributed by atoms with Gasteiger partial charge in [-0.3, -0.25) is 4.72 Å². The summed E-state index contributed by atoms with van der Waals surface area (Å²) in [5.74, 6) is -1.15. The van der Waals surface area contributed by atoms with Crippen LogP contribution >= 0.6 is 22.9 Å². The van der Waals surface area contributed by atoms with E-state index in [4.69, 9.17) is 16.7 Å². The van der Waals surface area contributed by atoms with Gasteiger partial charge in [-0.15, -0.1) is 11.3 Å². The van der Waals surface area contributed by atoms with Crippen LogP contribution in [0.5, 0.6) is 0 Å². The molecule has 0 atom stereocenters. The minimum absolute atomic E-state index is 0.0243. The van der Waals surface area contributed by atoms with E-state index in [0.29, 0.717) is 16.1 Å². The molecule has 21 heavy (non-hydrogen) atoms. The maximum absolute atomic E-state index is 12.4. The number of para-hydroxylation sites is 1. The second-order valence-corrected chi connectivity index (χ2v) is 7.69. The number of aromatic carboxylic acids is 1. The number of aryl methyl sites for hydroxylation is 2. The fourth-order valence-corrected chi connectivity index (χ4v) is 4.70. The molecule has 8 heteroatoms. The van der Waals surface area contributed by atoms with Crippen LogP contribution in [0.25, 0.3) is 0 Å². The summed E-state index contributed by atoms with van der Waals surface area (Å²) in [5.41, 5.74) is 0.971. The molecular weight excluding hydrogens is 334 g/mol. The number of sulfonamides is 1. The molecule has 1 heterocycles. The van der Waals surface area contributed by atoms with Crippen molar-refractivity contribution in [1.82, 2.24) is 0 Å². The second kappa shape index (κ2) is 5.67. The third-order valence-corrected chi connectivity index (χ3v) is 5.79. The van der Waals surface area contributed by atoms with Crippen molar-refractivity contribution in [2.45, 2.75) is 18.7 Å². The molecule has 0 radical (unpaired) electrons. The van der Waals surface area contributed by atoms with Crippen molar-refractivity contribution in [1.29, 1.82) is 0 Å². The second-order valence-electron chi connectivity index (χ2n) is 4.37. The zero-order valence-corrected chi connectivity index (χ0v) is 13.6. The molecule has 0 aliphatic heterocycles. The third-order valence-electron chi connectivity index (χ3n) is 2.83. The summed E-state index contributed by atoms with van der Waals surface area (Å²) in [4.78, 5) is 11.3. The molecule has 1 aromatic heterocycles. The van der Waals surface area contributed by atoms with Gasteiger partial charge in [-0.05, 0) is 31.5 Å². The van der Waals surface area contributed by atoms with Crippen LogP contribution in [0.2, 0.25) is 5.02 Å². The van der Waals surface area contributed by atoms with Gasteiger partial charge < -0.3 is 5.11 Å². The monoisotopic (exact) mass is 345 g/mol. The van der Waals surface area contributed by atoms with Crippen LogP contribution in [-0.4, -0.2) is 19.5 Å². The van der Waals surface area contributed by atoms with Gasteiger partial charge in [0.2, 0.25) is 0 Å². The molecule has 5 nitrogen and oxygen atoms in total. The highest BCUT2D eigenvalue weighted by molar-refractivity contribution is 7.93. The standard InChI is InChI=1S/C13H12ClNO4S2/c1-7-4-3-5-9(14)12(7)15-21(18,19)11-6-10(13(16)17)20-8(11)2/h3-6,15H,1-2H3,(H,16,17). The quantitative estimate of drug-likeness (QED) is 0.888. The molecule has 2 N–H and O–H groups in total. The molecule has 0 saturated heterocycles. The first kappa shape index (κ1) is 15.8. The molecule has 2 aromatic rings. The predicted molar refractivity (Wildman–Crippen MR) is 83.0 cm³/mol. The molecular formula is C13H12ClNO4S2. The van der Waals surface area contributed by atoms with Gasteiger partial charge in [-0.2, -0.15) is 0 Å². The summed E-state index contributed by atoms with van der Waals surface area (Å²) < 4.78 is 27.2. The number of carbonyl (C=O) groups is 1. The zero-order chi connectivity index (χ0) is 15.8. The Morgan fingerprint density at radius 1 is 1.33 bits per heavy atom. The lowest BCUT2D eigenvalue weighted by Gasteiger charge is -2.11. The van der Waals surface area contributed by atoms with Crippen LogP contribution in [0, 0.1) is 13.8 Å². The van der Waals surface area contributed by atoms with Gasteiger partial charge in [-0.25, -0.2) is 13.2 Å². The number of carboxylic acids is 1. The van der Waals surface area contributed by atoms with Crippen LogP contribution in [0.3, 0.4) is 0 Å². The molecule has 1 aromatic carbocycles. The first-order valence-corrected chi connectivity index (χ1v) is 8.52. The molecule has 0 saturated carbocycles. The Morgan fingerprint density at radius 2 is 2.00 bits per heavy atom. The third kappa shape index (κ3) is 3.20. The van der Waals surface area contributed by atoms with Gasteiger partial charge >= 0.3 is 5.97 Å². The molecule has 0 aliphatic rings. The summed E-state index contributed by atoms with van der Waals surface area (Å²) in [6.45, 7) is 3.29. The van der Waals surface area contributed by atoms with Crippen molar-refractivity contribution >= 4 is 44.6 Å². The number of halogens is 1. The van der Waals surface area contributed by atoms with Gasteiger partial charge in [0.1, 0.15) is 9.77 Å².